The normalized spacial score (nSPS) is 25.8. The van der Waals surface area contributed by atoms with E-state index in [-0.39, 0.29) is 17.9 Å². The lowest BCUT2D eigenvalue weighted by Gasteiger charge is -2.23. The van der Waals surface area contributed by atoms with Gasteiger partial charge in [0.1, 0.15) is 16.5 Å². The summed E-state index contributed by atoms with van der Waals surface area (Å²) in [6, 6.07) is 2.09. The van der Waals surface area contributed by atoms with Crippen molar-refractivity contribution in [2.75, 3.05) is 11.5 Å². The van der Waals surface area contributed by atoms with Gasteiger partial charge in [0.25, 0.3) is 0 Å². The van der Waals surface area contributed by atoms with Gasteiger partial charge >= 0.3 is 0 Å². The quantitative estimate of drug-likeness (QED) is 0.892. The van der Waals surface area contributed by atoms with Gasteiger partial charge in [0.2, 0.25) is 10.0 Å². The zero-order chi connectivity index (χ0) is 15.2. The number of sulfone groups is 1. The van der Waals surface area contributed by atoms with E-state index in [0.717, 1.165) is 12.1 Å². The smallest absolute Gasteiger partial charge is 0.229 e. The highest BCUT2D eigenvalue weighted by Gasteiger charge is 2.41. The van der Waals surface area contributed by atoms with Gasteiger partial charge in [0, 0.05) is 11.6 Å². The predicted molar refractivity (Wildman–Crippen MR) is 68.4 cm³/mol. The van der Waals surface area contributed by atoms with Crippen LogP contribution in [0.25, 0.3) is 0 Å². The van der Waals surface area contributed by atoms with Crippen molar-refractivity contribution < 1.29 is 25.6 Å². The Morgan fingerprint density at radius 1 is 1.30 bits per heavy atom. The third-order valence-electron chi connectivity index (χ3n) is 3.07. The van der Waals surface area contributed by atoms with Crippen molar-refractivity contribution in [2.24, 2.45) is 0 Å². The van der Waals surface area contributed by atoms with E-state index in [4.69, 9.17) is 0 Å². The van der Waals surface area contributed by atoms with Gasteiger partial charge in [-0.15, -0.1) is 0 Å². The Balaban J connectivity index is 2.33. The van der Waals surface area contributed by atoms with Crippen molar-refractivity contribution in [2.45, 2.75) is 23.8 Å². The Kier molecular flexibility index (Phi) is 3.64. The summed E-state index contributed by atoms with van der Waals surface area (Å²) in [6.45, 7) is 1.44. The van der Waals surface area contributed by atoms with Crippen LogP contribution in [0.4, 0.5) is 8.78 Å². The first-order valence-electron chi connectivity index (χ1n) is 5.73. The first-order valence-corrected chi connectivity index (χ1v) is 9.03. The number of hydrogen-bond donors (Lipinski definition) is 1. The van der Waals surface area contributed by atoms with E-state index in [2.05, 4.69) is 4.72 Å². The largest absolute Gasteiger partial charge is 0.244 e. The van der Waals surface area contributed by atoms with Crippen molar-refractivity contribution in [3.05, 3.63) is 29.8 Å². The minimum atomic E-state index is -4.26. The SMILES string of the molecule is C[C@@]1(NS(=O)(=O)c2ccc(F)cc2F)CCS(=O)(=O)C1. The zero-order valence-electron chi connectivity index (χ0n) is 10.6. The van der Waals surface area contributed by atoms with Crippen LogP contribution < -0.4 is 4.72 Å². The summed E-state index contributed by atoms with van der Waals surface area (Å²) < 4.78 is 75.5. The number of nitrogens with one attached hydrogen (secondary N) is 1. The summed E-state index contributed by atoms with van der Waals surface area (Å²) in [6.07, 6.45) is 0.109. The molecule has 0 unspecified atom stereocenters. The molecule has 0 spiro atoms. The molecule has 1 heterocycles. The molecule has 1 atom stereocenters. The van der Waals surface area contributed by atoms with E-state index < -0.39 is 41.9 Å². The Morgan fingerprint density at radius 3 is 2.45 bits per heavy atom. The second-order valence-electron chi connectivity index (χ2n) is 5.08. The van der Waals surface area contributed by atoms with E-state index >= 15 is 0 Å². The number of sulfonamides is 1. The van der Waals surface area contributed by atoms with Gasteiger partial charge in [-0.3, -0.25) is 0 Å². The summed E-state index contributed by atoms with van der Waals surface area (Å²) in [5, 5.41) is 0. The molecule has 0 saturated carbocycles. The first kappa shape index (κ1) is 15.3. The van der Waals surface area contributed by atoms with Gasteiger partial charge in [0.15, 0.2) is 9.84 Å². The van der Waals surface area contributed by atoms with Gasteiger partial charge in [-0.1, -0.05) is 0 Å². The second-order valence-corrected chi connectivity index (χ2v) is 8.92. The lowest BCUT2D eigenvalue weighted by atomic mass is 10.0. The van der Waals surface area contributed by atoms with Crippen LogP contribution in [0.2, 0.25) is 0 Å². The Morgan fingerprint density at radius 2 is 1.95 bits per heavy atom. The van der Waals surface area contributed by atoms with E-state index in [1.807, 2.05) is 0 Å². The van der Waals surface area contributed by atoms with Gasteiger partial charge in [-0.05, 0) is 25.5 Å². The molecule has 1 aliphatic rings. The van der Waals surface area contributed by atoms with Crippen LogP contribution >= 0.6 is 0 Å². The first-order chi connectivity index (χ1) is 9.03. The van der Waals surface area contributed by atoms with Crippen LogP contribution in [0.1, 0.15) is 13.3 Å². The summed E-state index contributed by atoms with van der Waals surface area (Å²) in [7, 11) is -7.56. The molecule has 20 heavy (non-hydrogen) atoms. The molecule has 1 aromatic rings. The summed E-state index contributed by atoms with van der Waals surface area (Å²) >= 11 is 0. The lowest BCUT2D eigenvalue weighted by molar-refractivity contribution is 0.458. The highest BCUT2D eigenvalue weighted by molar-refractivity contribution is 7.92. The van der Waals surface area contributed by atoms with Gasteiger partial charge in [-0.2, -0.15) is 0 Å². The van der Waals surface area contributed by atoms with Gasteiger partial charge in [0.05, 0.1) is 11.5 Å². The summed E-state index contributed by atoms with van der Waals surface area (Å²) in [4.78, 5) is -0.704. The minimum absolute atomic E-state index is 0.109. The topological polar surface area (TPSA) is 80.3 Å². The van der Waals surface area contributed by atoms with E-state index in [0.29, 0.717) is 6.07 Å². The van der Waals surface area contributed by atoms with Crippen molar-refractivity contribution in [1.29, 1.82) is 0 Å². The average Bonchev–Trinajstić information content (AvgIpc) is 2.50. The van der Waals surface area contributed by atoms with Crippen molar-refractivity contribution in [1.82, 2.24) is 4.72 Å². The lowest BCUT2D eigenvalue weighted by Crippen LogP contribution is -2.46. The van der Waals surface area contributed by atoms with Gasteiger partial charge < -0.3 is 0 Å². The van der Waals surface area contributed by atoms with Crippen LogP contribution in [0, 0.1) is 11.6 Å². The minimum Gasteiger partial charge on any atom is -0.229 e. The maximum atomic E-state index is 13.5. The number of hydrogen-bond acceptors (Lipinski definition) is 4. The maximum absolute atomic E-state index is 13.5. The molecule has 1 saturated heterocycles. The molecule has 0 aromatic heterocycles. The summed E-state index contributed by atoms with van der Waals surface area (Å²) in [5.74, 6) is -2.59. The molecular formula is C11H13F2NO4S2. The number of benzene rings is 1. The molecule has 0 bridgehead atoms. The monoisotopic (exact) mass is 325 g/mol. The molecule has 1 aliphatic heterocycles. The van der Waals surface area contributed by atoms with Crippen LogP contribution in [-0.2, 0) is 19.9 Å². The van der Waals surface area contributed by atoms with Crippen LogP contribution in [-0.4, -0.2) is 33.9 Å². The van der Waals surface area contributed by atoms with Crippen molar-refractivity contribution in [3.63, 3.8) is 0 Å². The molecule has 2 rings (SSSR count). The highest BCUT2D eigenvalue weighted by Crippen LogP contribution is 2.26. The molecule has 0 amide bonds. The fourth-order valence-corrected chi connectivity index (χ4v) is 5.84. The number of halogens is 2. The number of rotatable bonds is 3. The molecule has 0 aliphatic carbocycles. The van der Waals surface area contributed by atoms with E-state index in [9.17, 15) is 25.6 Å². The van der Waals surface area contributed by atoms with Crippen LogP contribution in [0.5, 0.6) is 0 Å². The van der Waals surface area contributed by atoms with Crippen molar-refractivity contribution in [3.8, 4) is 0 Å². The standard InChI is InChI=1S/C11H13F2NO4S2/c1-11(4-5-19(15,16)7-11)14-20(17,18)10-3-2-8(12)6-9(10)13/h2-3,6,14H,4-5,7H2,1H3/t11-/m1/s1. The van der Waals surface area contributed by atoms with E-state index in [1.165, 1.54) is 6.92 Å². The van der Waals surface area contributed by atoms with E-state index in [1.54, 1.807) is 0 Å². The van der Waals surface area contributed by atoms with Crippen LogP contribution in [0.3, 0.4) is 0 Å². The van der Waals surface area contributed by atoms with Gasteiger partial charge in [-0.25, -0.2) is 30.3 Å². The fraction of sp³-hybridized carbons (Fsp3) is 0.455. The molecule has 5 nitrogen and oxygen atoms in total. The average molecular weight is 325 g/mol. The highest BCUT2D eigenvalue weighted by atomic mass is 32.2. The Bertz CT molecular complexity index is 746. The molecule has 112 valence electrons. The fourth-order valence-electron chi connectivity index (χ4n) is 2.16. The third kappa shape index (κ3) is 3.15. The Labute approximate surface area is 116 Å². The zero-order valence-corrected chi connectivity index (χ0v) is 12.2. The maximum Gasteiger partial charge on any atom is 0.244 e. The molecule has 1 fully saturated rings. The third-order valence-corrected chi connectivity index (χ3v) is 6.64. The Hall–Kier alpha value is -1.06. The second kappa shape index (κ2) is 4.74. The predicted octanol–water partition coefficient (Wildman–Crippen LogP) is 0.820. The van der Waals surface area contributed by atoms with Crippen molar-refractivity contribution >= 4 is 19.9 Å². The molecular weight excluding hydrogens is 312 g/mol. The molecule has 9 heteroatoms. The molecule has 0 radical (unpaired) electrons. The summed E-state index contributed by atoms with van der Waals surface area (Å²) in [5.41, 5.74) is -1.18. The molecule has 1 aromatic carbocycles. The van der Waals surface area contributed by atoms with Crippen LogP contribution in [0.15, 0.2) is 23.1 Å². The molecule has 1 N–H and O–H groups in total.